The summed E-state index contributed by atoms with van der Waals surface area (Å²) < 4.78 is 11.3. The second-order valence-corrected chi connectivity index (χ2v) is 7.00. The van der Waals surface area contributed by atoms with E-state index in [2.05, 4.69) is 10.5 Å². The first-order valence-electron chi connectivity index (χ1n) is 8.65. The fourth-order valence-electron chi connectivity index (χ4n) is 2.48. The zero-order chi connectivity index (χ0) is 19.9. The molecule has 4 nitrogen and oxygen atoms in total. The Hall–Kier alpha value is -2.69. The maximum absolute atomic E-state index is 6.04. The summed E-state index contributed by atoms with van der Waals surface area (Å²) in [6, 6.07) is 19.1. The van der Waals surface area contributed by atoms with Crippen LogP contribution in [-0.4, -0.2) is 13.3 Å². The van der Waals surface area contributed by atoms with Crippen LogP contribution in [0, 0.1) is 6.92 Å². The molecular weight excluding hydrogens is 395 g/mol. The van der Waals surface area contributed by atoms with Crippen LogP contribution < -0.4 is 14.9 Å². The number of hydrogen-bond donors (Lipinski definition) is 1. The number of hydrogen-bond acceptors (Lipinski definition) is 4. The Labute approximate surface area is 174 Å². The smallest absolute Gasteiger partial charge is 0.161 e. The number of benzene rings is 3. The van der Waals surface area contributed by atoms with Gasteiger partial charge in [0.15, 0.2) is 11.5 Å². The van der Waals surface area contributed by atoms with Crippen LogP contribution in [0.4, 0.5) is 5.69 Å². The molecule has 3 aromatic rings. The number of ether oxygens (including phenoxy) is 2. The van der Waals surface area contributed by atoms with Gasteiger partial charge in [-0.2, -0.15) is 5.10 Å². The first-order valence-corrected chi connectivity index (χ1v) is 9.41. The van der Waals surface area contributed by atoms with Gasteiger partial charge in [-0.1, -0.05) is 47.0 Å². The van der Waals surface area contributed by atoms with Gasteiger partial charge in [0.25, 0.3) is 0 Å². The Balaban J connectivity index is 1.64. The molecule has 0 fully saturated rings. The molecule has 0 saturated heterocycles. The standard InChI is InChI=1S/C22H20Cl2N2O2/c1-15-3-7-18(8-4-15)26-25-13-16-6-10-21(22(12-16)27-2)28-14-17-5-9-19(23)20(24)11-17/h3-13,26H,14H2,1-2H3/b25-13+. The van der Waals surface area contributed by atoms with Gasteiger partial charge in [-0.15, -0.1) is 0 Å². The van der Waals surface area contributed by atoms with Crippen molar-refractivity contribution >= 4 is 35.1 Å². The van der Waals surface area contributed by atoms with Gasteiger partial charge in [0, 0.05) is 0 Å². The van der Waals surface area contributed by atoms with Crippen molar-refractivity contribution in [1.82, 2.24) is 0 Å². The van der Waals surface area contributed by atoms with E-state index >= 15 is 0 Å². The molecule has 3 rings (SSSR count). The Kier molecular flexibility index (Phi) is 6.80. The lowest BCUT2D eigenvalue weighted by Gasteiger charge is -2.12. The fraction of sp³-hybridized carbons (Fsp3) is 0.136. The van der Waals surface area contributed by atoms with Gasteiger partial charge in [-0.3, -0.25) is 5.43 Å². The predicted molar refractivity (Wildman–Crippen MR) is 116 cm³/mol. The second-order valence-electron chi connectivity index (χ2n) is 6.18. The van der Waals surface area contributed by atoms with Gasteiger partial charge in [-0.25, -0.2) is 0 Å². The van der Waals surface area contributed by atoms with Crippen LogP contribution in [0.1, 0.15) is 16.7 Å². The number of nitrogens with one attached hydrogen (secondary N) is 1. The summed E-state index contributed by atoms with van der Waals surface area (Å²) in [5.41, 5.74) is 6.94. The van der Waals surface area contributed by atoms with Gasteiger partial charge >= 0.3 is 0 Å². The van der Waals surface area contributed by atoms with Crippen molar-refractivity contribution in [1.29, 1.82) is 0 Å². The maximum atomic E-state index is 6.04. The molecule has 0 saturated carbocycles. The van der Waals surface area contributed by atoms with E-state index < -0.39 is 0 Å². The van der Waals surface area contributed by atoms with Crippen LogP contribution in [0.15, 0.2) is 65.8 Å². The number of methoxy groups -OCH3 is 1. The molecule has 3 aromatic carbocycles. The normalized spacial score (nSPS) is 10.9. The highest BCUT2D eigenvalue weighted by Crippen LogP contribution is 2.29. The van der Waals surface area contributed by atoms with Gasteiger partial charge < -0.3 is 9.47 Å². The summed E-state index contributed by atoms with van der Waals surface area (Å²) in [5.74, 6) is 1.26. The summed E-state index contributed by atoms with van der Waals surface area (Å²) >= 11 is 12.0. The van der Waals surface area contributed by atoms with Gasteiger partial charge in [-0.05, 0) is 60.5 Å². The van der Waals surface area contributed by atoms with E-state index in [1.807, 2.05) is 55.5 Å². The molecule has 28 heavy (non-hydrogen) atoms. The molecule has 0 heterocycles. The lowest BCUT2D eigenvalue weighted by molar-refractivity contribution is 0.284. The van der Waals surface area contributed by atoms with E-state index in [1.165, 1.54) is 5.56 Å². The molecule has 6 heteroatoms. The van der Waals surface area contributed by atoms with E-state index in [0.717, 1.165) is 16.8 Å². The van der Waals surface area contributed by atoms with Gasteiger partial charge in [0.2, 0.25) is 0 Å². The van der Waals surface area contributed by atoms with Crippen LogP contribution in [0.2, 0.25) is 10.0 Å². The quantitative estimate of drug-likeness (QED) is 0.362. The lowest BCUT2D eigenvalue weighted by atomic mass is 10.2. The minimum atomic E-state index is 0.357. The van der Waals surface area contributed by atoms with Crippen molar-refractivity contribution in [3.63, 3.8) is 0 Å². The highest BCUT2D eigenvalue weighted by molar-refractivity contribution is 6.42. The van der Waals surface area contributed by atoms with Crippen molar-refractivity contribution in [3.8, 4) is 11.5 Å². The molecule has 0 bridgehead atoms. The second kappa shape index (κ2) is 9.49. The molecule has 0 spiro atoms. The number of nitrogens with zero attached hydrogens (tertiary/aromatic N) is 1. The van der Waals surface area contributed by atoms with E-state index in [0.29, 0.717) is 28.2 Å². The number of rotatable bonds is 7. The summed E-state index contributed by atoms with van der Waals surface area (Å²) in [7, 11) is 1.60. The van der Waals surface area contributed by atoms with Crippen molar-refractivity contribution in [2.45, 2.75) is 13.5 Å². The SMILES string of the molecule is COc1cc(/C=N/Nc2ccc(C)cc2)ccc1OCc1ccc(Cl)c(Cl)c1. The van der Waals surface area contributed by atoms with Crippen molar-refractivity contribution in [2.75, 3.05) is 12.5 Å². The average molecular weight is 415 g/mol. The molecule has 0 aliphatic carbocycles. The Morgan fingerprint density at radius 2 is 1.71 bits per heavy atom. The number of anilines is 1. The minimum Gasteiger partial charge on any atom is -0.493 e. The molecule has 0 aliphatic rings. The molecule has 0 atom stereocenters. The zero-order valence-corrected chi connectivity index (χ0v) is 17.1. The van der Waals surface area contributed by atoms with Crippen molar-refractivity contribution in [3.05, 3.63) is 87.4 Å². The van der Waals surface area contributed by atoms with Crippen molar-refractivity contribution < 1.29 is 9.47 Å². The summed E-state index contributed by atoms with van der Waals surface area (Å²) in [4.78, 5) is 0. The molecule has 0 unspecified atom stereocenters. The molecule has 144 valence electrons. The zero-order valence-electron chi connectivity index (χ0n) is 15.6. The predicted octanol–water partition coefficient (Wildman–Crippen LogP) is 6.34. The van der Waals surface area contributed by atoms with Crippen LogP contribution in [0.5, 0.6) is 11.5 Å². The molecule has 1 N–H and O–H groups in total. The Bertz CT molecular complexity index is 973. The topological polar surface area (TPSA) is 42.8 Å². The Morgan fingerprint density at radius 3 is 2.43 bits per heavy atom. The Morgan fingerprint density at radius 1 is 0.929 bits per heavy atom. The highest BCUT2D eigenvalue weighted by Gasteiger charge is 2.07. The minimum absolute atomic E-state index is 0.357. The van der Waals surface area contributed by atoms with Crippen LogP contribution in [0.25, 0.3) is 0 Å². The lowest BCUT2D eigenvalue weighted by Crippen LogP contribution is -1.99. The molecule has 0 amide bonds. The molecule has 0 radical (unpaired) electrons. The summed E-state index contributed by atoms with van der Waals surface area (Å²) in [6.45, 7) is 2.40. The van der Waals surface area contributed by atoms with Gasteiger partial charge in [0.1, 0.15) is 6.61 Å². The monoisotopic (exact) mass is 414 g/mol. The maximum Gasteiger partial charge on any atom is 0.161 e. The van der Waals surface area contributed by atoms with E-state index in [9.17, 15) is 0 Å². The third-order valence-corrected chi connectivity index (χ3v) is 4.76. The third-order valence-electron chi connectivity index (χ3n) is 4.02. The van der Waals surface area contributed by atoms with Crippen LogP contribution in [-0.2, 0) is 6.61 Å². The van der Waals surface area contributed by atoms with Crippen molar-refractivity contribution in [2.24, 2.45) is 5.10 Å². The molecule has 0 aliphatic heterocycles. The molecular formula is C22H20Cl2N2O2. The fourth-order valence-corrected chi connectivity index (χ4v) is 2.80. The highest BCUT2D eigenvalue weighted by atomic mass is 35.5. The number of hydrazone groups is 1. The number of halogens is 2. The summed E-state index contributed by atoms with van der Waals surface area (Å²) in [5, 5.41) is 5.28. The van der Waals surface area contributed by atoms with E-state index in [-0.39, 0.29) is 0 Å². The average Bonchev–Trinajstić information content (AvgIpc) is 2.71. The number of aryl methyl sites for hydroxylation is 1. The molecule has 0 aromatic heterocycles. The van der Waals surface area contributed by atoms with E-state index in [4.69, 9.17) is 32.7 Å². The van der Waals surface area contributed by atoms with E-state index in [1.54, 1.807) is 25.5 Å². The largest absolute Gasteiger partial charge is 0.493 e. The first-order chi connectivity index (χ1) is 13.5. The third kappa shape index (κ3) is 5.41. The van der Waals surface area contributed by atoms with Crippen LogP contribution in [0.3, 0.4) is 0 Å². The van der Waals surface area contributed by atoms with Crippen LogP contribution >= 0.6 is 23.2 Å². The summed E-state index contributed by atoms with van der Waals surface area (Å²) in [6.07, 6.45) is 1.73. The first kappa shape index (κ1) is 20.1. The van der Waals surface area contributed by atoms with Gasteiger partial charge in [0.05, 0.1) is 29.1 Å².